The maximum absolute atomic E-state index is 12.2. The van der Waals surface area contributed by atoms with E-state index in [1.165, 1.54) is 19.1 Å². The number of nitrogens with zero attached hydrogens (tertiary/aromatic N) is 1. The van der Waals surface area contributed by atoms with Gasteiger partial charge in [-0.3, -0.25) is 14.9 Å². The number of esters is 1. The number of aryl methyl sites for hydroxylation is 1. The van der Waals surface area contributed by atoms with Gasteiger partial charge in [0.1, 0.15) is 0 Å². The topological polar surface area (TPSA) is 98.5 Å². The van der Waals surface area contributed by atoms with Gasteiger partial charge in [-0.05, 0) is 44.5 Å². The zero-order valence-corrected chi connectivity index (χ0v) is 15.2. The molecule has 0 aliphatic heterocycles. The van der Waals surface area contributed by atoms with E-state index < -0.39 is 22.9 Å². The molecule has 2 aromatic carbocycles. The van der Waals surface area contributed by atoms with Crippen LogP contribution >= 0.6 is 11.6 Å². The maximum Gasteiger partial charge on any atom is 0.339 e. The lowest BCUT2D eigenvalue weighted by Gasteiger charge is -2.15. The van der Waals surface area contributed by atoms with Crippen molar-refractivity contribution in [3.05, 3.63) is 68.2 Å². The normalized spacial score (nSPS) is 11.5. The van der Waals surface area contributed by atoms with Crippen molar-refractivity contribution in [2.45, 2.75) is 26.9 Å². The molecule has 0 fully saturated rings. The molecule has 0 saturated heterocycles. The van der Waals surface area contributed by atoms with Gasteiger partial charge < -0.3 is 10.1 Å². The van der Waals surface area contributed by atoms with E-state index >= 15 is 0 Å². The van der Waals surface area contributed by atoms with Crippen molar-refractivity contribution >= 4 is 34.9 Å². The highest BCUT2D eigenvalue weighted by atomic mass is 35.5. The maximum atomic E-state index is 12.2. The molecule has 0 saturated carbocycles. The van der Waals surface area contributed by atoms with Crippen LogP contribution in [0.3, 0.4) is 0 Å². The number of rotatable bonds is 5. The number of carbonyl (C=O) groups excluding carboxylic acids is 2. The largest absolute Gasteiger partial charge is 0.449 e. The minimum absolute atomic E-state index is 0.000820. The van der Waals surface area contributed by atoms with Gasteiger partial charge in [0, 0.05) is 22.3 Å². The molecule has 1 amide bonds. The molecule has 7 nitrogen and oxygen atoms in total. The van der Waals surface area contributed by atoms with Crippen molar-refractivity contribution in [2.75, 3.05) is 5.32 Å². The molecule has 0 unspecified atom stereocenters. The Bertz CT molecular complexity index is 882. The zero-order valence-electron chi connectivity index (χ0n) is 14.4. The van der Waals surface area contributed by atoms with Crippen molar-refractivity contribution in [2.24, 2.45) is 0 Å². The van der Waals surface area contributed by atoms with E-state index in [9.17, 15) is 19.7 Å². The highest BCUT2D eigenvalue weighted by Gasteiger charge is 2.22. The predicted octanol–water partition coefficient (Wildman–Crippen LogP) is 4.05. The number of nitro benzene ring substituents is 1. The summed E-state index contributed by atoms with van der Waals surface area (Å²) in [4.78, 5) is 34.8. The Balaban J connectivity index is 2.09. The first-order valence-corrected chi connectivity index (χ1v) is 8.10. The standard InChI is InChI=1S/C18H17ClN2O5/c1-10-7-8-13(9-16(10)21(24)25)18(23)26-12(3)17(22)20-15-6-4-5-14(19)11(15)2/h4-9,12H,1-3H3,(H,20,22)/t12-/m1/s1. The molecule has 136 valence electrons. The summed E-state index contributed by atoms with van der Waals surface area (Å²) >= 11 is 6.00. The summed E-state index contributed by atoms with van der Waals surface area (Å²) in [5.41, 5.74) is 1.44. The van der Waals surface area contributed by atoms with E-state index in [0.717, 1.165) is 6.07 Å². The van der Waals surface area contributed by atoms with E-state index in [1.807, 2.05) is 0 Å². The third-order valence-corrected chi connectivity index (χ3v) is 4.23. The Hall–Kier alpha value is -2.93. The highest BCUT2D eigenvalue weighted by molar-refractivity contribution is 6.31. The fourth-order valence-corrected chi connectivity index (χ4v) is 2.37. The van der Waals surface area contributed by atoms with E-state index in [2.05, 4.69) is 5.32 Å². The van der Waals surface area contributed by atoms with Crippen LogP contribution in [0.25, 0.3) is 0 Å². The smallest absolute Gasteiger partial charge is 0.339 e. The monoisotopic (exact) mass is 376 g/mol. The average Bonchev–Trinajstić information content (AvgIpc) is 2.58. The first-order chi connectivity index (χ1) is 12.2. The summed E-state index contributed by atoms with van der Waals surface area (Å²) in [6.45, 7) is 4.73. The lowest BCUT2D eigenvalue weighted by molar-refractivity contribution is -0.385. The highest BCUT2D eigenvalue weighted by Crippen LogP contribution is 2.23. The van der Waals surface area contributed by atoms with Crippen LogP contribution in [0.1, 0.15) is 28.4 Å². The molecular weight excluding hydrogens is 360 g/mol. The van der Waals surface area contributed by atoms with Crippen molar-refractivity contribution < 1.29 is 19.2 Å². The molecule has 8 heteroatoms. The summed E-state index contributed by atoms with van der Waals surface area (Å²) in [5, 5.41) is 14.1. The molecule has 2 rings (SSSR count). The second-order valence-corrected chi connectivity index (χ2v) is 6.11. The number of anilines is 1. The van der Waals surface area contributed by atoms with E-state index in [-0.39, 0.29) is 11.3 Å². The summed E-state index contributed by atoms with van der Waals surface area (Å²) in [5.74, 6) is -1.36. The number of benzene rings is 2. The summed E-state index contributed by atoms with van der Waals surface area (Å²) in [6.07, 6.45) is -1.10. The van der Waals surface area contributed by atoms with E-state index in [1.54, 1.807) is 32.0 Å². The molecule has 0 radical (unpaired) electrons. The number of halogens is 1. The fourth-order valence-electron chi connectivity index (χ4n) is 2.19. The minimum atomic E-state index is -1.10. The molecule has 2 aromatic rings. The predicted molar refractivity (Wildman–Crippen MR) is 97.5 cm³/mol. The first kappa shape index (κ1) is 19.4. The number of amides is 1. The van der Waals surface area contributed by atoms with Crippen LogP contribution in [-0.4, -0.2) is 22.9 Å². The molecule has 0 aliphatic rings. The van der Waals surface area contributed by atoms with E-state index in [0.29, 0.717) is 21.8 Å². The Morgan fingerprint density at radius 2 is 1.92 bits per heavy atom. The number of ether oxygens (including phenoxy) is 1. The van der Waals surface area contributed by atoms with Gasteiger partial charge in [0.25, 0.3) is 11.6 Å². The number of nitro groups is 1. The summed E-state index contributed by atoms with van der Waals surface area (Å²) < 4.78 is 5.11. The van der Waals surface area contributed by atoms with Crippen LogP contribution in [-0.2, 0) is 9.53 Å². The third-order valence-electron chi connectivity index (χ3n) is 3.82. The van der Waals surface area contributed by atoms with Gasteiger partial charge in [0.05, 0.1) is 10.5 Å². The lowest BCUT2D eigenvalue weighted by Crippen LogP contribution is -2.30. The molecule has 1 N–H and O–H groups in total. The molecule has 0 heterocycles. The second kappa shape index (κ2) is 7.97. The van der Waals surface area contributed by atoms with Crippen LogP contribution in [0.4, 0.5) is 11.4 Å². The second-order valence-electron chi connectivity index (χ2n) is 5.71. The molecule has 26 heavy (non-hydrogen) atoms. The van der Waals surface area contributed by atoms with Gasteiger partial charge in [-0.25, -0.2) is 4.79 Å². The summed E-state index contributed by atoms with van der Waals surface area (Å²) in [6, 6.07) is 9.05. The van der Waals surface area contributed by atoms with Crippen molar-refractivity contribution in [3.8, 4) is 0 Å². The van der Waals surface area contributed by atoms with E-state index in [4.69, 9.17) is 16.3 Å². The molecule has 0 spiro atoms. The molecule has 1 atom stereocenters. The van der Waals surface area contributed by atoms with Gasteiger partial charge in [-0.1, -0.05) is 23.7 Å². The third kappa shape index (κ3) is 4.37. The van der Waals surface area contributed by atoms with Crippen LogP contribution in [0, 0.1) is 24.0 Å². The van der Waals surface area contributed by atoms with Crippen LogP contribution < -0.4 is 5.32 Å². The van der Waals surface area contributed by atoms with Gasteiger partial charge in [0.15, 0.2) is 6.10 Å². The average molecular weight is 377 g/mol. The Kier molecular flexibility index (Phi) is 5.94. The number of hydrogen-bond acceptors (Lipinski definition) is 5. The summed E-state index contributed by atoms with van der Waals surface area (Å²) in [7, 11) is 0. The quantitative estimate of drug-likeness (QED) is 0.482. The minimum Gasteiger partial charge on any atom is -0.449 e. The van der Waals surface area contributed by atoms with Gasteiger partial charge in [0.2, 0.25) is 0 Å². The number of hydrogen-bond donors (Lipinski definition) is 1. The lowest BCUT2D eigenvalue weighted by atomic mass is 10.1. The first-order valence-electron chi connectivity index (χ1n) is 7.72. The molecular formula is C18H17ClN2O5. The number of nitrogens with one attached hydrogen (secondary N) is 1. The van der Waals surface area contributed by atoms with Crippen molar-refractivity contribution in [1.82, 2.24) is 0 Å². The van der Waals surface area contributed by atoms with Crippen LogP contribution in [0.15, 0.2) is 36.4 Å². The van der Waals surface area contributed by atoms with Crippen LogP contribution in [0.2, 0.25) is 5.02 Å². The van der Waals surface area contributed by atoms with Crippen molar-refractivity contribution in [1.29, 1.82) is 0 Å². The Labute approximate surface area is 155 Å². The fraction of sp³-hybridized carbons (Fsp3) is 0.222. The van der Waals surface area contributed by atoms with Gasteiger partial charge >= 0.3 is 5.97 Å². The van der Waals surface area contributed by atoms with Crippen molar-refractivity contribution in [3.63, 3.8) is 0 Å². The van der Waals surface area contributed by atoms with Gasteiger partial charge in [-0.2, -0.15) is 0 Å². The zero-order chi connectivity index (χ0) is 19.4. The molecule has 0 aromatic heterocycles. The molecule has 0 bridgehead atoms. The number of carbonyl (C=O) groups is 2. The van der Waals surface area contributed by atoms with Gasteiger partial charge in [-0.15, -0.1) is 0 Å². The Morgan fingerprint density at radius 1 is 1.23 bits per heavy atom. The Morgan fingerprint density at radius 3 is 2.58 bits per heavy atom. The molecule has 0 aliphatic carbocycles. The SMILES string of the molecule is Cc1ccc(C(=O)O[C@H](C)C(=O)Nc2cccc(Cl)c2C)cc1[N+](=O)[O-]. The van der Waals surface area contributed by atoms with Crippen LogP contribution in [0.5, 0.6) is 0 Å².